The summed E-state index contributed by atoms with van der Waals surface area (Å²) in [7, 11) is -2.44. The molecule has 0 bridgehead atoms. The first kappa shape index (κ1) is 9.26. The van der Waals surface area contributed by atoms with Crippen molar-refractivity contribution < 1.29 is 8.42 Å². The van der Waals surface area contributed by atoms with Crippen molar-refractivity contribution in [2.45, 2.75) is 17.7 Å². The zero-order valence-corrected chi connectivity index (χ0v) is 7.59. The van der Waals surface area contributed by atoms with Crippen molar-refractivity contribution in [3.63, 3.8) is 0 Å². The summed E-state index contributed by atoms with van der Waals surface area (Å²) in [6.45, 7) is 3.70. The molecule has 0 amide bonds. The summed E-state index contributed by atoms with van der Waals surface area (Å²) in [5.41, 5.74) is 1.03. The Morgan fingerprint density at radius 1 is 1.33 bits per heavy atom. The van der Waals surface area contributed by atoms with E-state index in [2.05, 4.69) is 6.92 Å². The van der Waals surface area contributed by atoms with Crippen LogP contribution in [0.4, 0.5) is 0 Å². The average molecular weight is 183 g/mol. The minimum absolute atomic E-state index is 0.385. The van der Waals surface area contributed by atoms with Gasteiger partial charge in [-0.15, -0.1) is 0 Å². The average Bonchev–Trinajstić information content (AvgIpc) is 2.05. The molecule has 0 N–H and O–H groups in total. The van der Waals surface area contributed by atoms with Gasteiger partial charge in [-0.1, -0.05) is 19.1 Å². The highest BCUT2D eigenvalue weighted by atomic mass is 32.2. The summed E-state index contributed by atoms with van der Waals surface area (Å²) in [6, 6.07) is 6.95. The lowest BCUT2D eigenvalue weighted by Gasteiger charge is -1.97. The van der Waals surface area contributed by atoms with E-state index in [4.69, 9.17) is 0 Å². The van der Waals surface area contributed by atoms with Crippen LogP contribution in [0.15, 0.2) is 29.2 Å². The molecule has 0 aliphatic carbocycles. The maximum Gasteiger partial charge on any atom is 0.168 e. The SMILES string of the molecule is [CH2]CCc1cccc([SH](=O)=O)c1. The van der Waals surface area contributed by atoms with Crippen LogP contribution in [-0.4, -0.2) is 8.42 Å². The van der Waals surface area contributed by atoms with Crippen LogP contribution in [0.25, 0.3) is 0 Å². The van der Waals surface area contributed by atoms with Gasteiger partial charge in [0.2, 0.25) is 0 Å². The molecular formula is C9H11O2S. The standard InChI is InChI=1S/C9H11O2S/c1-2-4-8-5-3-6-9(7-8)12(10)11/h3,5-7,12H,1-2,4H2. The van der Waals surface area contributed by atoms with Gasteiger partial charge in [0.05, 0.1) is 4.90 Å². The smallest absolute Gasteiger partial charge is 0.168 e. The fraction of sp³-hybridized carbons (Fsp3) is 0.222. The molecule has 12 heavy (non-hydrogen) atoms. The molecule has 2 nitrogen and oxygen atoms in total. The van der Waals surface area contributed by atoms with Gasteiger partial charge in [0.15, 0.2) is 10.7 Å². The summed E-state index contributed by atoms with van der Waals surface area (Å²) in [4.78, 5) is 0.385. The van der Waals surface area contributed by atoms with Gasteiger partial charge >= 0.3 is 0 Å². The van der Waals surface area contributed by atoms with E-state index in [9.17, 15) is 8.42 Å². The second-order valence-electron chi connectivity index (χ2n) is 2.53. The Bertz CT molecular complexity index is 321. The number of hydrogen-bond donors (Lipinski definition) is 1. The van der Waals surface area contributed by atoms with Crippen molar-refractivity contribution in [2.24, 2.45) is 0 Å². The first-order valence-corrected chi connectivity index (χ1v) is 4.94. The number of rotatable bonds is 3. The summed E-state index contributed by atoms with van der Waals surface area (Å²) < 4.78 is 21.2. The van der Waals surface area contributed by atoms with Crippen molar-refractivity contribution in [3.8, 4) is 0 Å². The molecule has 0 saturated heterocycles. The van der Waals surface area contributed by atoms with Crippen LogP contribution in [0.5, 0.6) is 0 Å². The van der Waals surface area contributed by atoms with E-state index >= 15 is 0 Å². The minimum Gasteiger partial charge on any atom is -0.227 e. The van der Waals surface area contributed by atoms with E-state index in [1.807, 2.05) is 6.07 Å². The molecule has 1 rings (SSSR count). The monoisotopic (exact) mass is 183 g/mol. The number of benzene rings is 1. The van der Waals surface area contributed by atoms with E-state index in [1.165, 1.54) is 0 Å². The van der Waals surface area contributed by atoms with Crippen LogP contribution >= 0.6 is 0 Å². The highest BCUT2D eigenvalue weighted by Crippen LogP contribution is 2.07. The van der Waals surface area contributed by atoms with Gasteiger partial charge in [-0.3, -0.25) is 0 Å². The van der Waals surface area contributed by atoms with Gasteiger partial charge in [-0.25, -0.2) is 8.42 Å². The highest BCUT2D eigenvalue weighted by Gasteiger charge is 1.95. The van der Waals surface area contributed by atoms with Crippen LogP contribution in [0, 0.1) is 6.92 Å². The lowest BCUT2D eigenvalue weighted by Crippen LogP contribution is -1.85. The molecule has 1 aromatic rings. The molecule has 0 atom stereocenters. The van der Waals surface area contributed by atoms with Gasteiger partial charge in [0, 0.05) is 0 Å². The molecule has 65 valence electrons. The summed E-state index contributed by atoms with van der Waals surface area (Å²) >= 11 is 0. The molecule has 0 spiro atoms. The Morgan fingerprint density at radius 3 is 2.67 bits per heavy atom. The molecule has 3 heteroatoms. The Kier molecular flexibility index (Phi) is 3.29. The second-order valence-corrected chi connectivity index (χ2v) is 3.56. The Hall–Kier alpha value is -0.830. The third kappa shape index (κ3) is 2.34. The quantitative estimate of drug-likeness (QED) is 0.719. The topological polar surface area (TPSA) is 34.1 Å². The molecular weight excluding hydrogens is 172 g/mol. The molecule has 0 fully saturated rings. The zero-order valence-electron chi connectivity index (χ0n) is 6.69. The first-order chi connectivity index (χ1) is 5.74. The first-order valence-electron chi connectivity index (χ1n) is 3.76. The van der Waals surface area contributed by atoms with Gasteiger partial charge in [-0.05, 0) is 30.5 Å². The minimum atomic E-state index is -2.44. The van der Waals surface area contributed by atoms with Gasteiger partial charge in [0.25, 0.3) is 0 Å². The molecule has 1 aromatic carbocycles. The zero-order chi connectivity index (χ0) is 8.97. The molecule has 0 aliphatic rings. The molecule has 0 heterocycles. The third-order valence-corrected chi connectivity index (χ3v) is 2.29. The second kappa shape index (κ2) is 4.26. The van der Waals surface area contributed by atoms with Crippen molar-refractivity contribution >= 4 is 10.7 Å². The largest absolute Gasteiger partial charge is 0.227 e. The third-order valence-electron chi connectivity index (χ3n) is 1.59. The Morgan fingerprint density at radius 2 is 2.08 bits per heavy atom. The van der Waals surface area contributed by atoms with Crippen molar-refractivity contribution in [1.82, 2.24) is 0 Å². The van der Waals surface area contributed by atoms with E-state index in [0.29, 0.717) is 4.90 Å². The lowest BCUT2D eigenvalue weighted by molar-refractivity contribution is 0.614. The van der Waals surface area contributed by atoms with Crippen molar-refractivity contribution in [3.05, 3.63) is 36.8 Å². The molecule has 0 aromatic heterocycles. The Balaban J connectivity index is 2.95. The van der Waals surface area contributed by atoms with E-state index in [0.717, 1.165) is 18.4 Å². The lowest BCUT2D eigenvalue weighted by atomic mass is 10.1. The number of aryl methyl sites for hydroxylation is 1. The van der Waals surface area contributed by atoms with Gasteiger partial charge in [0.1, 0.15) is 0 Å². The van der Waals surface area contributed by atoms with Crippen LogP contribution in [-0.2, 0) is 17.1 Å². The fourth-order valence-electron chi connectivity index (χ4n) is 1.03. The van der Waals surface area contributed by atoms with Gasteiger partial charge < -0.3 is 0 Å². The molecule has 0 saturated carbocycles. The van der Waals surface area contributed by atoms with Crippen LogP contribution < -0.4 is 0 Å². The van der Waals surface area contributed by atoms with E-state index < -0.39 is 10.7 Å². The van der Waals surface area contributed by atoms with Gasteiger partial charge in [-0.2, -0.15) is 0 Å². The molecule has 0 unspecified atom stereocenters. The number of thiol groups is 1. The summed E-state index contributed by atoms with van der Waals surface area (Å²) in [6.07, 6.45) is 1.62. The van der Waals surface area contributed by atoms with Crippen LogP contribution in [0.2, 0.25) is 0 Å². The molecule has 0 aliphatic heterocycles. The van der Waals surface area contributed by atoms with Crippen LogP contribution in [0.3, 0.4) is 0 Å². The molecule has 1 radical (unpaired) electrons. The highest BCUT2D eigenvalue weighted by molar-refractivity contribution is 7.72. The maximum atomic E-state index is 10.6. The predicted molar refractivity (Wildman–Crippen MR) is 48.7 cm³/mol. The number of hydrogen-bond acceptors (Lipinski definition) is 2. The van der Waals surface area contributed by atoms with Crippen molar-refractivity contribution in [1.29, 1.82) is 0 Å². The predicted octanol–water partition coefficient (Wildman–Crippen LogP) is 1.42. The fourth-order valence-corrected chi connectivity index (χ4v) is 1.51. The van der Waals surface area contributed by atoms with Crippen LogP contribution in [0.1, 0.15) is 12.0 Å². The normalized spacial score (nSPS) is 10.5. The summed E-state index contributed by atoms with van der Waals surface area (Å²) in [5.74, 6) is 0. The van der Waals surface area contributed by atoms with E-state index in [-0.39, 0.29) is 0 Å². The maximum absolute atomic E-state index is 10.6. The summed E-state index contributed by atoms with van der Waals surface area (Å²) in [5, 5.41) is 0. The van der Waals surface area contributed by atoms with Crippen molar-refractivity contribution in [2.75, 3.05) is 0 Å². The Labute approximate surface area is 74.2 Å². The van der Waals surface area contributed by atoms with E-state index in [1.54, 1.807) is 18.2 Å².